The Hall–Kier alpha value is -1.14. The fourth-order valence-corrected chi connectivity index (χ4v) is 1.56. The molecule has 0 bridgehead atoms. The van der Waals surface area contributed by atoms with E-state index in [4.69, 9.17) is 5.73 Å². The molecule has 16 heavy (non-hydrogen) atoms. The molecule has 1 saturated carbocycles. The largest absolute Gasteiger partial charge is 0.351 e. The molecule has 1 aliphatic rings. The van der Waals surface area contributed by atoms with Crippen molar-refractivity contribution in [2.45, 2.75) is 31.8 Å². The molecule has 0 radical (unpaired) electrons. The molecule has 1 aliphatic carbocycles. The number of amides is 3. The third-order valence-electron chi connectivity index (χ3n) is 2.81. The fourth-order valence-electron chi connectivity index (χ4n) is 1.56. The van der Waals surface area contributed by atoms with Crippen molar-refractivity contribution in [3.63, 3.8) is 0 Å². The first-order chi connectivity index (χ1) is 7.50. The Morgan fingerprint density at radius 2 is 2.12 bits per heavy atom. The summed E-state index contributed by atoms with van der Waals surface area (Å²) in [5.41, 5.74) is 4.81. The molecule has 0 aromatic carbocycles. The summed E-state index contributed by atoms with van der Waals surface area (Å²) in [6, 6.07) is 0.278. The number of carbonyl (C=O) groups excluding carboxylic acids is 2. The first-order valence-electron chi connectivity index (χ1n) is 5.52. The van der Waals surface area contributed by atoms with Gasteiger partial charge in [-0.15, -0.1) is 0 Å². The number of nitrogens with two attached hydrogens (primary N) is 1. The third-order valence-corrected chi connectivity index (χ3v) is 2.81. The predicted octanol–water partition coefficient (Wildman–Crippen LogP) is -0.746. The van der Waals surface area contributed by atoms with Crippen LogP contribution in [0.25, 0.3) is 0 Å². The van der Waals surface area contributed by atoms with Crippen LogP contribution in [0.2, 0.25) is 0 Å². The second-order valence-corrected chi connectivity index (χ2v) is 4.29. The van der Waals surface area contributed by atoms with Gasteiger partial charge in [0, 0.05) is 18.6 Å². The molecule has 0 heterocycles. The Morgan fingerprint density at radius 3 is 2.62 bits per heavy atom. The maximum atomic E-state index is 11.1. The molecule has 1 fully saturated rings. The van der Waals surface area contributed by atoms with E-state index < -0.39 is 11.9 Å². The van der Waals surface area contributed by atoms with Crippen LogP contribution >= 0.6 is 0 Å². The van der Waals surface area contributed by atoms with E-state index in [2.05, 4.69) is 24.2 Å². The Labute approximate surface area is 95.5 Å². The Balaban J connectivity index is 2.09. The topological polar surface area (TPSA) is 87.5 Å². The van der Waals surface area contributed by atoms with Gasteiger partial charge in [-0.3, -0.25) is 15.0 Å². The van der Waals surface area contributed by atoms with Crippen LogP contribution in [0.15, 0.2) is 0 Å². The number of imide groups is 1. The lowest BCUT2D eigenvalue weighted by Crippen LogP contribution is -2.44. The van der Waals surface area contributed by atoms with Crippen molar-refractivity contribution in [1.29, 1.82) is 0 Å². The molecule has 0 spiro atoms. The molecule has 0 saturated heterocycles. The second-order valence-electron chi connectivity index (χ2n) is 4.29. The van der Waals surface area contributed by atoms with Gasteiger partial charge < -0.3 is 11.1 Å². The molecule has 0 aliphatic heterocycles. The van der Waals surface area contributed by atoms with E-state index in [1.807, 2.05) is 5.32 Å². The van der Waals surface area contributed by atoms with Gasteiger partial charge in [-0.25, -0.2) is 4.79 Å². The number of hydrogen-bond donors (Lipinski definition) is 3. The Kier molecular flexibility index (Phi) is 4.70. The van der Waals surface area contributed by atoms with Gasteiger partial charge >= 0.3 is 6.03 Å². The SMILES string of the molecule is CC(CNCC(=O)NC(N)=O)N(C)C1CC1. The van der Waals surface area contributed by atoms with Gasteiger partial charge in [0.25, 0.3) is 0 Å². The standard InChI is InChI=1S/C10H20N4O2/c1-7(14(2)8-3-4-8)5-12-6-9(15)13-10(11)16/h7-8,12H,3-6H2,1-2H3,(H3,11,13,15,16). The summed E-state index contributed by atoms with van der Waals surface area (Å²) in [6.07, 6.45) is 2.53. The molecule has 1 atom stereocenters. The Bertz CT molecular complexity index is 266. The molecular formula is C10H20N4O2. The number of urea groups is 1. The third kappa shape index (κ3) is 4.59. The first-order valence-corrected chi connectivity index (χ1v) is 5.52. The zero-order chi connectivity index (χ0) is 12.1. The molecule has 92 valence electrons. The summed E-state index contributed by atoms with van der Waals surface area (Å²) < 4.78 is 0. The highest BCUT2D eigenvalue weighted by molar-refractivity contribution is 5.94. The minimum Gasteiger partial charge on any atom is -0.351 e. The van der Waals surface area contributed by atoms with E-state index >= 15 is 0 Å². The van der Waals surface area contributed by atoms with Crippen LogP contribution in [0.1, 0.15) is 19.8 Å². The Morgan fingerprint density at radius 1 is 1.50 bits per heavy atom. The van der Waals surface area contributed by atoms with Gasteiger partial charge in [-0.05, 0) is 26.8 Å². The maximum Gasteiger partial charge on any atom is 0.318 e. The van der Waals surface area contributed by atoms with Crippen molar-refractivity contribution >= 4 is 11.9 Å². The van der Waals surface area contributed by atoms with Gasteiger partial charge in [-0.2, -0.15) is 0 Å². The van der Waals surface area contributed by atoms with Crippen molar-refractivity contribution in [2.24, 2.45) is 5.73 Å². The van der Waals surface area contributed by atoms with Gasteiger partial charge in [0.1, 0.15) is 0 Å². The van der Waals surface area contributed by atoms with Crippen LogP contribution in [0, 0.1) is 0 Å². The summed E-state index contributed by atoms with van der Waals surface area (Å²) in [5, 5.41) is 5.00. The highest BCUT2D eigenvalue weighted by atomic mass is 16.2. The van der Waals surface area contributed by atoms with Crippen LogP contribution in [-0.2, 0) is 4.79 Å². The van der Waals surface area contributed by atoms with Gasteiger partial charge in [0.15, 0.2) is 0 Å². The van der Waals surface area contributed by atoms with Crippen molar-refractivity contribution in [1.82, 2.24) is 15.5 Å². The van der Waals surface area contributed by atoms with E-state index in [9.17, 15) is 9.59 Å². The molecule has 4 N–H and O–H groups in total. The van der Waals surface area contributed by atoms with Crippen LogP contribution < -0.4 is 16.4 Å². The van der Waals surface area contributed by atoms with Crippen LogP contribution in [0.3, 0.4) is 0 Å². The van der Waals surface area contributed by atoms with Crippen LogP contribution in [0.5, 0.6) is 0 Å². The van der Waals surface area contributed by atoms with Gasteiger partial charge in [-0.1, -0.05) is 0 Å². The predicted molar refractivity (Wildman–Crippen MR) is 60.8 cm³/mol. The van der Waals surface area contributed by atoms with E-state index in [-0.39, 0.29) is 6.54 Å². The van der Waals surface area contributed by atoms with Gasteiger partial charge in [0.2, 0.25) is 5.91 Å². The summed E-state index contributed by atoms with van der Waals surface area (Å²) >= 11 is 0. The molecule has 3 amide bonds. The molecule has 1 rings (SSSR count). The normalized spacial score (nSPS) is 17.2. The van der Waals surface area contributed by atoms with E-state index in [1.54, 1.807) is 0 Å². The lowest BCUT2D eigenvalue weighted by atomic mass is 10.3. The first kappa shape index (κ1) is 12.9. The summed E-state index contributed by atoms with van der Waals surface area (Å²) in [7, 11) is 2.09. The monoisotopic (exact) mass is 228 g/mol. The molecule has 0 aromatic rings. The van der Waals surface area contributed by atoms with Crippen LogP contribution in [0.4, 0.5) is 4.79 Å². The number of rotatable bonds is 6. The fraction of sp³-hybridized carbons (Fsp3) is 0.800. The summed E-state index contributed by atoms with van der Waals surface area (Å²) in [5.74, 6) is -0.395. The second kappa shape index (κ2) is 5.81. The lowest BCUT2D eigenvalue weighted by Gasteiger charge is -2.24. The van der Waals surface area contributed by atoms with E-state index in [0.29, 0.717) is 12.1 Å². The maximum absolute atomic E-state index is 11.1. The number of hydrogen-bond acceptors (Lipinski definition) is 4. The van der Waals surface area contributed by atoms with Crippen molar-refractivity contribution in [3.8, 4) is 0 Å². The lowest BCUT2D eigenvalue weighted by molar-refractivity contribution is -0.119. The highest BCUT2D eigenvalue weighted by Crippen LogP contribution is 2.26. The number of primary amides is 1. The molecule has 6 nitrogen and oxygen atoms in total. The average Bonchev–Trinajstić information content (AvgIpc) is 2.98. The smallest absolute Gasteiger partial charge is 0.318 e. The minimum atomic E-state index is -0.810. The molecular weight excluding hydrogens is 208 g/mol. The number of likely N-dealkylation sites (N-methyl/N-ethyl adjacent to an activating group) is 1. The van der Waals surface area contributed by atoms with Gasteiger partial charge in [0.05, 0.1) is 6.54 Å². The average molecular weight is 228 g/mol. The molecule has 6 heteroatoms. The quantitative estimate of drug-likeness (QED) is 0.558. The van der Waals surface area contributed by atoms with Crippen molar-refractivity contribution < 1.29 is 9.59 Å². The summed E-state index contributed by atoms with van der Waals surface area (Å²) in [6.45, 7) is 2.95. The number of carbonyl (C=O) groups is 2. The highest BCUT2D eigenvalue weighted by Gasteiger charge is 2.28. The molecule has 1 unspecified atom stereocenters. The zero-order valence-electron chi connectivity index (χ0n) is 9.82. The number of nitrogens with one attached hydrogen (secondary N) is 2. The molecule has 0 aromatic heterocycles. The number of nitrogens with zero attached hydrogens (tertiary/aromatic N) is 1. The van der Waals surface area contributed by atoms with Crippen molar-refractivity contribution in [2.75, 3.05) is 20.1 Å². The van der Waals surface area contributed by atoms with Crippen molar-refractivity contribution in [3.05, 3.63) is 0 Å². The summed E-state index contributed by atoms with van der Waals surface area (Å²) in [4.78, 5) is 23.7. The minimum absolute atomic E-state index is 0.117. The zero-order valence-corrected chi connectivity index (χ0v) is 9.82. The van der Waals surface area contributed by atoms with E-state index in [0.717, 1.165) is 6.54 Å². The van der Waals surface area contributed by atoms with E-state index in [1.165, 1.54) is 12.8 Å². The van der Waals surface area contributed by atoms with Crippen LogP contribution in [-0.4, -0.2) is 49.1 Å².